The second kappa shape index (κ2) is 8.35. The number of benzene rings is 1. The summed E-state index contributed by atoms with van der Waals surface area (Å²) in [6.45, 7) is 4.89. The fourth-order valence-electron chi connectivity index (χ4n) is 1.90. The Labute approximate surface area is 121 Å². The minimum absolute atomic E-state index is 0.0453. The molecule has 0 heterocycles. The van der Waals surface area contributed by atoms with Gasteiger partial charge in [0.25, 0.3) is 0 Å². The van der Waals surface area contributed by atoms with Crippen molar-refractivity contribution in [1.29, 1.82) is 0 Å². The Hall–Kier alpha value is -1.84. The van der Waals surface area contributed by atoms with Crippen LogP contribution in [0, 0.1) is 6.92 Å². The zero-order chi connectivity index (χ0) is 15.0. The second-order valence-corrected chi connectivity index (χ2v) is 5.11. The van der Waals surface area contributed by atoms with Crippen LogP contribution in [0.4, 0.5) is 0 Å². The van der Waals surface area contributed by atoms with Crippen molar-refractivity contribution in [1.82, 2.24) is 10.2 Å². The van der Waals surface area contributed by atoms with E-state index >= 15 is 0 Å². The molecule has 0 saturated heterocycles. The van der Waals surface area contributed by atoms with Crippen LogP contribution < -0.4 is 5.32 Å². The van der Waals surface area contributed by atoms with Gasteiger partial charge in [-0.15, -0.1) is 0 Å². The maximum absolute atomic E-state index is 11.8. The summed E-state index contributed by atoms with van der Waals surface area (Å²) in [6, 6.07) is 7.83. The summed E-state index contributed by atoms with van der Waals surface area (Å²) in [4.78, 5) is 25.2. The van der Waals surface area contributed by atoms with Crippen LogP contribution in [-0.4, -0.2) is 36.9 Å². The predicted molar refractivity (Wildman–Crippen MR) is 80.4 cm³/mol. The number of carbonyl (C=O) groups excluding carboxylic acids is 2. The molecule has 1 aromatic rings. The third-order valence-electron chi connectivity index (χ3n) is 3.16. The molecule has 0 saturated carbocycles. The first kappa shape index (κ1) is 16.2. The zero-order valence-electron chi connectivity index (χ0n) is 12.6. The fraction of sp³-hybridized carbons (Fsp3) is 0.500. The van der Waals surface area contributed by atoms with Gasteiger partial charge in [-0.05, 0) is 18.9 Å². The van der Waals surface area contributed by atoms with Crippen molar-refractivity contribution in [3.8, 4) is 0 Å². The van der Waals surface area contributed by atoms with Gasteiger partial charge in [0.1, 0.15) is 0 Å². The van der Waals surface area contributed by atoms with Crippen molar-refractivity contribution in [2.24, 2.45) is 0 Å². The van der Waals surface area contributed by atoms with Gasteiger partial charge in [-0.3, -0.25) is 9.59 Å². The van der Waals surface area contributed by atoms with Gasteiger partial charge in [-0.25, -0.2) is 0 Å². The summed E-state index contributed by atoms with van der Waals surface area (Å²) >= 11 is 0. The highest BCUT2D eigenvalue weighted by Crippen LogP contribution is 2.04. The molecule has 1 rings (SSSR count). The van der Waals surface area contributed by atoms with Crippen molar-refractivity contribution in [2.75, 3.05) is 20.1 Å². The summed E-state index contributed by atoms with van der Waals surface area (Å²) in [5.74, 6) is -0.163. The van der Waals surface area contributed by atoms with E-state index < -0.39 is 0 Å². The number of unbranched alkanes of at least 4 members (excludes halogenated alkanes) is 1. The first-order valence-corrected chi connectivity index (χ1v) is 7.09. The van der Waals surface area contributed by atoms with Gasteiger partial charge >= 0.3 is 0 Å². The van der Waals surface area contributed by atoms with Gasteiger partial charge in [0, 0.05) is 13.6 Å². The number of amides is 2. The van der Waals surface area contributed by atoms with E-state index in [-0.39, 0.29) is 18.4 Å². The molecule has 110 valence electrons. The van der Waals surface area contributed by atoms with Gasteiger partial charge in [-0.2, -0.15) is 0 Å². The van der Waals surface area contributed by atoms with E-state index in [9.17, 15) is 9.59 Å². The van der Waals surface area contributed by atoms with Gasteiger partial charge < -0.3 is 10.2 Å². The molecule has 0 aromatic heterocycles. The number of hydrogen-bond acceptors (Lipinski definition) is 2. The van der Waals surface area contributed by atoms with Crippen LogP contribution in [0.5, 0.6) is 0 Å². The number of nitrogens with one attached hydrogen (secondary N) is 1. The van der Waals surface area contributed by atoms with Crippen LogP contribution in [0.25, 0.3) is 0 Å². The number of carbonyl (C=O) groups is 2. The van der Waals surface area contributed by atoms with Crippen LogP contribution in [-0.2, 0) is 16.0 Å². The van der Waals surface area contributed by atoms with Crippen LogP contribution in [0.1, 0.15) is 30.9 Å². The summed E-state index contributed by atoms with van der Waals surface area (Å²) in [7, 11) is 1.77. The molecule has 4 nitrogen and oxygen atoms in total. The summed E-state index contributed by atoms with van der Waals surface area (Å²) in [5.41, 5.74) is 2.10. The van der Waals surface area contributed by atoms with E-state index in [0.29, 0.717) is 6.42 Å². The average Bonchev–Trinajstić information content (AvgIpc) is 2.42. The van der Waals surface area contributed by atoms with E-state index in [2.05, 4.69) is 12.2 Å². The largest absolute Gasteiger partial charge is 0.347 e. The molecule has 0 fully saturated rings. The lowest BCUT2D eigenvalue weighted by atomic mass is 10.1. The van der Waals surface area contributed by atoms with Gasteiger partial charge in [-0.1, -0.05) is 43.2 Å². The average molecular weight is 276 g/mol. The van der Waals surface area contributed by atoms with Gasteiger partial charge in [0.2, 0.25) is 11.8 Å². The zero-order valence-corrected chi connectivity index (χ0v) is 12.6. The molecule has 4 heteroatoms. The molecule has 0 unspecified atom stereocenters. The lowest BCUT2D eigenvalue weighted by molar-refractivity contribution is -0.131. The van der Waals surface area contributed by atoms with E-state index in [0.717, 1.165) is 30.5 Å². The fourth-order valence-corrected chi connectivity index (χ4v) is 1.90. The minimum atomic E-state index is -0.118. The molecule has 0 aliphatic rings. The highest BCUT2D eigenvalue weighted by molar-refractivity contribution is 5.85. The van der Waals surface area contributed by atoms with E-state index in [1.807, 2.05) is 31.2 Å². The first-order valence-electron chi connectivity index (χ1n) is 7.09. The Morgan fingerprint density at radius 1 is 1.30 bits per heavy atom. The van der Waals surface area contributed by atoms with Crippen molar-refractivity contribution in [2.45, 2.75) is 33.1 Å². The molecule has 20 heavy (non-hydrogen) atoms. The van der Waals surface area contributed by atoms with E-state index in [4.69, 9.17) is 0 Å². The lowest BCUT2D eigenvalue weighted by Crippen LogP contribution is -2.39. The maximum Gasteiger partial charge on any atom is 0.241 e. The monoisotopic (exact) mass is 276 g/mol. The van der Waals surface area contributed by atoms with Crippen molar-refractivity contribution >= 4 is 11.8 Å². The van der Waals surface area contributed by atoms with Crippen LogP contribution in [0.15, 0.2) is 24.3 Å². The maximum atomic E-state index is 11.8. The van der Waals surface area contributed by atoms with Gasteiger partial charge in [0.15, 0.2) is 0 Å². The van der Waals surface area contributed by atoms with Crippen molar-refractivity contribution in [3.05, 3.63) is 35.4 Å². The normalized spacial score (nSPS) is 10.2. The molecule has 0 aliphatic heterocycles. The number of rotatable bonds is 7. The summed E-state index contributed by atoms with van der Waals surface area (Å²) in [5, 5.41) is 2.68. The molecule has 0 aliphatic carbocycles. The highest BCUT2D eigenvalue weighted by atomic mass is 16.2. The quantitative estimate of drug-likeness (QED) is 0.827. The Balaban J connectivity index is 2.34. The highest BCUT2D eigenvalue weighted by Gasteiger charge is 2.10. The molecule has 0 radical (unpaired) electrons. The van der Waals surface area contributed by atoms with E-state index in [1.54, 1.807) is 11.9 Å². The molecular weight excluding hydrogens is 252 g/mol. The molecule has 0 spiro atoms. The Bertz CT molecular complexity index is 458. The topological polar surface area (TPSA) is 49.4 Å². The molecule has 0 bridgehead atoms. The molecule has 2 amide bonds. The third kappa shape index (κ3) is 5.87. The van der Waals surface area contributed by atoms with E-state index in [1.165, 1.54) is 0 Å². The minimum Gasteiger partial charge on any atom is -0.347 e. The smallest absolute Gasteiger partial charge is 0.241 e. The van der Waals surface area contributed by atoms with Gasteiger partial charge in [0.05, 0.1) is 13.0 Å². The molecule has 0 atom stereocenters. The second-order valence-electron chi connectivity index (χ2n) is 5.11. The molecule has 1 aromatic carbocycles. The third-order valence-corrected chi connectivity index (χ3v) is 3.16. The molecule has 1 N–H and O–H groups in total. The van der Waals surface area contributed by atoms with Crippen LogP contribution >= 0.6 is 0 Å². The van der Waals surface area contributed by atoms with Crippen molar-refractivity contribution < 1.29 is 9.59 Å². The lowest BCUT2D eigenvalue weighted by Gasteiger charge is -2.16. The number of hydrogen-bond donors (Lipinski definition) is 1. The van der Waals surface area contributed by atoms with Crippen LogP contribution in [0.3, 0.4) is 0 Å². The Kier molecular flexibility index (Phi) is 6.77. The summed E-state index contributed by atoms with van der Waals surface area (Å²) < 4.78 is 0. The SMILES string of the molecule is CCCCN(C)C(=O)CNC(=O)Cc1cccc(C)c1. The van der Waals surface area contributed by atoms with Crippen LogP contribution in [0.2, 0.25) is 0 Å². The number of aryl methyl sites for hydroxylation is 1. The Morgan fingerprint density at radius 3 is 2.70 bits per heavy atom. The Morgan fingerprint density at radius 2 is 2.05 bits per heavy atom. The van der Waals surface area contributed by atoms with Crippen molar-refractivity contribution in [3.63, 3.8) is 0 Å². The number of nitrogens with zero attached hydrogens (tertiary/aromatic N) is 1. The number of likely N-dealkylation sites (N-methyl/N-ethyl adjacent to an activating group) is 1. The predicted octanol–water partition coefficient (Wildman–Crippen LogP) is 1.91. The first-order chi connectivity index (χ1) is 9.52. The molecular formula is C16H24N2O2. The summed E-state index contributed by atoms with van der Waals surface area (Å²) in [6.07, 6.45) is 2.35. The standard InChI is InChI=1S/C16H24N2O2/c1-4-5-9-18(3)16(20)12-17-15(19)11-14-8-6-7-13(2)10-14/h6-8,10H,4-5,9,11-12H2,1-3H3,(H,17,19).